The highest BCUT2D eigenvalue weighted by molar-refractivity contribution is 5.94. The summed E-state index contributed by atoms with van der Waals surface area (Å²) in [5.41, 5.74) is 15.2. The standard InChI is InChI=1S/C26H32N6O4/c1-16(24(27)33)23(17(2)25(28)34)31-11-9-30(10-12-31)19-5-4-6-20(14-19)32-15-29-21-13-18(26(35)36-3)7-8-22(21)32/h4-8,13-17,23H,9-12H2,1-3H3,(H2,27,33)(H2,28,34). The first-order chi connectivity index (χ1) is 17.2. The molecule has 3 aromatic rings. The molecular weight excluding hydrogens is 460 g/mol. The SMILES string of the molecule is COC(=O)c1ccc2c(c1)ncn2-c1cccc(N2CCN(C(C(C)C(N)=O)C(C)C(N)=O)CC2)c1. The van der Waals surface area contributed by atoms with Gasteiger partial charge in [0.2, 0.25) is 11.8 Å². The predicted molar refractivity (Wildman–Crippen MR) is 137 cm³/mol. The van der Waals surface area contributed by atoms with Gasteiger partial charge in [0.25, 0.3) is 0 Å². The molecule has 1 aromatic heterocycles. The number of rotatable bonds is 8. The van der Waals surface area contributed by atoms with Gasteiger partial charge in [0.15, 0.2) is 0 Å². The Morgan fingerprint density at radius 2 is 1.56 bits per heavy atom. The summed E-state index contributed by atoms with van der Waals surface area (Å²) < 4.78 is 6.78. The quantitative estimate of drug-likeness (QED) is 0.455. The van der Waals surface area contributed by atoms with Crippen LogP contribution >= 0.6 is 0 Å². The Hall–Kier alpha value is -3.92. The van der Waals surface area contributed by atoms with E-state index in [9.17, 15) is 14.4 Å². The molecule has 0 spiro atoms. The molecule has 10 nitrogen and oxygen atoms in total. The number of imidazole rings is 1. The summed E-state index contributed by atoms with van der Waals surface area (Å²) >= 11 is 0. The second-order valence-corrected chi connectivity index (χ2v) is 9.23. The lowest BCUT2D eigenvalue weighted by molar-refractivity contribution is -0.128. The van der Waals surface area contributed by atoms with Crippen molar-refractivity contribution in [3.05, 3.63) is 54.4 Å². The molecule has 0 saturated carbocycles. The maximum atomic E-state index is 11.9. The van der Waals surface area contributed by atoms with E-state index in [2.05, 4.69) is 26.9 Å². The largest absolute Gasteiger partial charge is 0.465 e. The molecule has 1 saturated heterocycles. The third-order valence-corrected chi connectivity index (χ3v) is 7.10. The number of hydrogen-bond acceptors (Lipinski definition) is 7. The van der Waals surface area contributed by atoms with E-state index in [4.69, 9.17) is 16.2 Å². The Morgan fingerprint density at radius 3 is 2.17 bits per heavy atom. The van der Waals surface area contributed by atoms with Gasteiger partial charge in [-0.3, -0.25) is 19.1 Å². The summed E-state index contributed by atoms with van der Waals surface area (Å²) in [5, 5.41) is 0. The first-order valence-corrected chi connectivity index (χ1v) is 11.9. The second kappa shape index (κ2) is 10.4. The molecule has 2 atom stereocenters. The van der Waals surface area contributed by atoms with E-state index < -0.39 is 29.6 Å². The molecular formula is C26H32N6O4. The van der Waals surface area contributed by atoms with Crippen LogP contribution in [0.3, 0.4) is 0 Å². The molecule has 0 bridgehead atoms. The third kappa shape index (κ3) is 4.90. The van der Waals surface area contributed by atoms with Crippen molar-refractivity contribution >= 4 is 34.5 Å². The number of primary amides is 2. The van der Waals surface area contributed by atoms with Gasteiger partial charge in [-0.15, -0.1) is 0 Å². The highest BCUT2D eigenvalue weighted by Gasteiger charge is 2.36. The van der Waals surface area contributed by atoms with Gasteiger partial charge in [0, 0.05) is 43.6 Å². The second-order valence-electron chi connectivity index (χ2n) is 9.23. The maximum absolute atomic E-state index is 11.9. The number of piperazine rings is 1. The van der Waals surface area contributed by atoms with Crippen LogP contribution in [0.15, 0.2) is 48.8 Å². The lowest BCUT2D eigenvalue weighted by Gasteiger charge is -2.43. The summed E-state index contributed by atoms with van der Waals surface area (Å²) in [6, 6.07) is 13.1. The Labute approximate surface area is 209 Å². The van der Waals surface area contributed by atoms with Gasteiger partial charge in [0.1, 0.15) is 6.33 Å². The number of anilines is 1. The zero-order chi connectivity index (χ0) is 26.0. The summed E-state index contributed by atoms with van der Waals surface area (Å²) in [4.78, 5) is 44.6. The van der Waals surface area contributed by atoms with E-state index in [0.717, 1.165) is 30.0 Å². The van der Waals surface area contributed by atoms with Crippen LogP contribution in [0, 0.1) is 11.8 Å². The maximum Gasteiger partial charge on any atom is 0.337 e. The summed E-state index contributed by atoms with van der Waals surface area (Å²) in [7, 11) is 1.35. The molecule has 2 heterocycles. The van der Waals surface area contributed by atoms with Gasteiger partial charge in [0.05, 0.1) is 35.5 Å². The smallest absolute Gasteiger partial charge is 0.337 e. The van der Waals surface area contributed by atoms with Gasteiger partial charge in [-0.1, -0.05) is 19.9 Å². The molecule has 36 heavy (non-hydrogen) atoms. The average molecular weight is 493 g/mol. The molecule has 2 aromatic carbocycles. The number of aromatic nitrogens is 2. The fourth-order valence-corrected chi connectivity index (χ4v) is 4.98. The topological polar surface area (TPSA) is 137 Å². The molecule has 190 valence electrons. The Morgan fingerprint density at radius 1 is 0.917 bits per heavy atom. The number of nitrogens with zero attached hydrogens (tertiary/aromatic N) is 4. The van der Waals surface area contributed by atoms with Crippen LogP contribution in [0.5, 0.6) is 0 Å². The molecule has 10 heteroatoms. The van der Waals surface area contributed by atoms with Gasteiger partial charge in [-0.2, -0.15) is 0 Å². The van der Waals surface area contributed by atoms with E-state index in [1.165, 1.54) is 7.11 Å². The number of ether oxygens (including phenoxy) is 1. The summed E-state index contributed by atoms with van der Waals surface area (Å²) in [6.45, 7) is 6.31. The van der Waals surface area contributed by atoms with E-state index in [1.807, 2.05) is 22.8 Å². The highest BCUT2D eigenvalue weighted by Crippen LogP contribution is 2.27. The van der Waals surface area contributed by atoms with E-state index in [-0.39, 0.29) is 6.04 Å². The molecule has 1 aliphatic rings. The van der Waals surface area contributed by atoms with Crippen molar-refractivity contribution in [3.8, 4) is 5.69 Å². The van der Waals surface area contributed by atoms with Gasteiger partial charge in [-0.05, 0) is 36.4 Å². The van der Waals surface area contributed by atoms with Crippen molar-refractivity contribution in [2.75, 3.05) is 38.2 Å². The van der Waals surface area contributed by atoms with E-state index >= 15 is 0 Å². The van der Waals surface area contributed by atoms with Crippen LogP contribution in [0.2, 0.25) is 0 Å². The fourth-order valence-electron chi connectivity index (χ4n) is 4.98. The molecule has 4 N–H and O–H groups in total. The van der Waals surface area contributed by atoms with E-state index in [1.54, 1.807) is 32.3 Å². The van der Waals surface area contributed by atoms with Crippen molar-refractivity contribution in [1.82, 2.24) is 14.5 Å². The van der Waals surface area contributed by atoms with Crippen LogP contribution in [-0.2, 0) is 14.3 Å². The molecule has 2 unspecified atom stereocenters. The first kappa shape index (κ1) is 25.2. The monoisotopic (exact) mass is 492 g/mol. The lowest BCUT2D eigenvalue weighted by Crippen LogP contribution is -2.57. The Bertz CT molecular complexity index is 1260. The molecule has 4 rings (SSSR count). The number of carbonyl (C=O) groups excluding carboxylic acids is 3. The number of amides is 2. The number of esters is 1. The van der Waals surface area contributed by atoms with Crippen LogP contribution in [-0.4, -0.2) is 71.6 Å². The van der Waals surface area contributed by atoms with Crippen molar-refractivity contribution < 1.29 is 19.1 Å². The summed E-state index contributed by atoms with van der Waals surface area (Å²) in [5.74, 6) is -2.25. The van der Waals surface area contributed by atoms with Crippen LogP contribution in [0.1, 0.15) is 24.2 Å². The normalized spacial score (nSPS) is 16.9. The van der Waals surface area contributed by atoms with Crippen molar-refractivity contribution in [1.29, 1.82) is 0 Å². The number of benzene rings is 2. The van der Waals surface area contributed by atoms with Crippen molar-refractivity contribution in [3.63, 3.8) is 0 Å². The predicted octanol–water partition coefficient (Wildman–Crippen LogP) is 1.55. The van der Waals surface area contributed by atoms with Crippen molar-refractivity contribution in [2.45, 2.75) is 19.9 Å². The minimum atomic E-state index is -0.489. The third-order valence-electron chi connectivity index (χ3n) is 7.10. The lowest BCUT2D eigenvalue weighted by atomic mass is 9.87. The number of hydrogen-bond donors (Lipinski definition) is 2. The highest BCUT2D eigenvalue weighted by atomic mass is 16.5. The van der Waals surface area contributed by atoms with Gasteiger partial charge >= 0.3 is 5.97 Å². The van der Waals surface area contributed by atoms with Crippen LogP contribution in [0.4, 0.5) is 5.69 Å². The zero-order valence-corrected chi connectivity index (χ0v) is 20.8. The number of fused-ring (bicyclic) bond motifs is 1. The summed E-state index contributed by atoms with van der Waals surface area (Å²) in [6.07, 6.45) is 1.74. The van der Waals surface area contributed by atoms with Crippen LogP contribution < -0.4 is 16.4 Å². The minimum Gasteiger partial charge on any atom is -0.465 e. The molecule has 1 aliphatic heterocycles. The molecule has 0 aliphatic carbocycles. The van der Waals surface area contributed by atoms with Gasteiger partial charge < -0.3 is 21.1 Å². The van der Waals surface area contributed by atoms with Gasteiger partial charge in [-0.25, -0.2) is 9.78 Å². The van der Waals surface area contributed by atoms with E-state index in [0.29, 0.717) is 24.2 Å². The average Bonchev–Trinajstić information content (AvgIpc) is 3.32. The molecule has 1 fully saturated rings. The molecule has 2 amide bonds. The first-order valence-electron chi connectivity index (χ1n) is 11.9. The van der Waals surface area contributed by atoms with Crippen molar-refractivity contribution in [2.24, 2.45) is 23.3 Å². The fraction of sp³-hybridized carbons (Fsp3) is 0.385. The van der Waals surface area contributed by atoms with Crippen LogP contribution in [0.25, 0.3) is 16.7 Å². The Kier molecular flexibility index (Phi) is 7.25. The molecule has 0 radical (unpaired) electrons. The zero-order valence-electron chi connectivity index (χ0n) is 20.8. The minimum absolute atomic E-state index is 0.333. The number of carbonyl (C=O) groups is 3. The Balaban J connectivity index is 1.52. The number of nitrogens with two attached hydrogens (primary N) is 2. The number of methoxy groups -OCH3 is 1.